The standard InChI is InChI=1S/C13H11N5O4/c1-5-16-12(18-17-5)10-9-8(7(22-2)4-15-10)6(3-14-9)11(19)13(20)21/h3-4,14H,1-2H3,(H,20,21)(H,16,17,18)/p+1. The first-order chi connectivity index (χ1) is 10.5. The van der Waals surface area contributed by atoms with Crippen molar-refractivity contribution in [1.82, 2.24) is 20.2 Å². The van der Waals surface area contributed by atoms with Crippen LogP contribution in [-0.4, -0.2) is 44.1 Å². The van der Waals surface area contributed by atoms with Crippen molar-refractivity contribution >= 4 is 22.7 Å². The van der Waals surface area contributed by atoms with E-state index in [-0.39, 0.29) is 5.56 Å². The fourth-order valence-corrected chi connectivity index (χ4v) is 2.23. The number of hydrogen-bond donors (Lipinski definition) is 3. The summed E-state index contributed by atoms with van der Waals surface area (Å²) in [5.41, 5.74) is 0.923. The zero-order valence-corrected chi connectivity index (χ0v) is 11.7. The molecule has 9 nitrogen and oxygen atoms in total. The van der Waals surface area contributed by atoms with Crippen LogP contribution >= 0.6 is 0 Å². The van der Waals surface area contributed by atoms with E-state index in [1.807, 2.05) is 0 Å². The number of rotatable bonds is 4. The van der Waals surface area contributed by atoms with Crippen LogP contribution in [-0.2, 0) is 4.79 Å². The van der Waals surface area contributed by atoms with Crippen molar-refractivity contribution in [2.75, 3.05) is 7.11 Å². The minimum atomic E-state index is -1.54. The number of carboxylic acid groups (broad SMARTS) is 1. The molecule has 22 heavy (non-hydrogen) atoms. The molecule has 4 N–H and O–H groups in total. The Labute approximate surface area is 123 Å². The molecule has 0 atom stereocenters. The Morgan fingerprint density at radius 2 is 2.18 bits per heavy atom. The number of H-pyrrole nitrogens is 3. The van der Waals surface area contributed by atoms with Crippen LogP contribution in [0.5, 0.6) is 5.75 Å². The molecule has 0 amide bonds. The van der Waals surface area contributed by atoms with Crippen LogP contribution in [0.1, 0.15) is 16.2 Å². The highest BCUT2D eigenvalue weighted by Crippen LogP contribution is 2.32. The Balaban J connectivity index is 2.30. The Bertz CT molecular complexity index is 895. The highest BCUT2D eigenvalue weighted by Gasteiger charge is 2.26. The van der Waals surface area contributed by atoms with Crippen molar-refractivity contribution < 1.29 is 24.4 Å². The molecule has 0 aliphatic heterocycles. The lowest BCUT2D eigenvalue weighted by Crippen LogP contribution is -2.12. The molecule has 0 aromatic carbocycles. The van der Waals surface area contributed by atoms with Crippen molar-refractivity contribution in [2.24, 2.45) is 0 Å². The first kappa shape index (κ1) is 13.7. The van der Waals surface area contributed by atoms with Crippen LogP contribution in [0.25, 0.3) is 22.4 Å². The number of carboxylic acids is 1. The SMILES string of the molecule is COc1cnc(-c2n[nH]c(C)[nH+]2)c2[nH]cc(C(=O)C(=O)O)c12. The number of methoxy groups -OCH3 is 1. The zero-order chi connectivity index (χ0) is 15.9. The average molecular weight is 302 g/mol. The third kappa shape index (κ3) is 1.99. The third-order valence-electron chi connectivity index (χ3n) is 3.20. The number of nitrogens with one attached hydrogen (secondary N) is 3. The molecule has 0 aliphatic carbocycles. The van der Waals surface area contributed by atoms with E-state index in [1.54, 1.807) is 6.92 Å². The largest absolute Gasteiger partial charge is 0.494 e. The van der Waals surface area contributed by atoms with Crippen LogP contribution in [0.4, 0.5) is 0 Å². The lowest BCUT2D eigenvalue weighted by atomic mass is 10.1. The third-order valence-corrected chi connectivity index (χ3v) is 3.20. The van der Waals surface area contributed by atoms with Gasteiger partial charge in [-0.15, -0.1) is 5.10 Å². The molecule has 3 rings (SSSR count). The van der Waals surface area contributed by atoms with Gasteiger partial charge in [-0.25, -0.2) is 14.8 Å². The van der Waals surface area contributed by atoms with E-state index in [2.05, 4.69) is 25.1 Å². The minimum Gasteiger partial charge on any atom is -0.494 e. The Kier molecular flexibility index (Phi) is 3.09. The number of aryl methyl sites for hydroxylation is 1. The molecule has 3 aromatic heterocycles. The van der Waals surface area contributed by atoms with Gasteiger partial charge in [0.25, 0.3) is 5.78 Å². The maximum absolute atomic E-state index is 11.8. The fraction of sp³-hybridized carbons (Fsp3) is 0.154. The maximum Gasteiger partial charge on any atom is 0.377 e. The molecule has 0 bridgehead atoms. The minimum absolute atomic E-state index is 0.00950. The van der Waals surface area contributed by atoms with Gasteiger partial charge in [0, 0.05) is 18.2 Å². The molecule has 9 heteroatoms. The van der Waals surface area contributed by atoms with Gasteiger partial charge in [0.05, 0.1) is 29.8 Å². The van der Waals surface area contributed by atoms with Gasteiger partial charge < -0.3 is 14.8 Å². The number of carbonyl (C=O) groups excluding carboxylic acids is 1. The molecule has 0 aliphatic rings. The number of aliphatic carboxylic acids is 1. The summed E-state index contributed by atoms with van der Waals surface area (Å²) in [5.74, 6) is -1.07. The van der Waals surface area contributed by atoms with Gasteiger partial charge in [0.1, 0.15) is 5.75 Å². The number of fused-ring (bicyclic) bond motifs is 1. The Morgan fingerprint density at radius 1 is 1.41 bits per heavy atom. The first-order valence-corrected chi connectivity index (χ1v) is 6.29. The van der Waals surface area contributed by atoms with Gasteiger partial charge >= 0.3 is 11.8 Å². The van der Waals surface area contributed by atoms with Crippen molar-refractivity contribution in [3.63, 3.8) is 0 Å². The van der Waals surface area contributed by atoms with Crippen LogP contribution in [0.15, 0.2) is 12.4 Å². The van der Waals surface area contributed by atoms with Crippen molar-refractivity contribution in [3.8, 4) is 17.3 Å². The smallest absolute Gasteiger partial charge is 0.377 e. The molecule has 0 saturated carbocycles. The molecule has 3 heterocycles. The normalized spacial score (nSPS) is 10.8. The summed E-state index contributed by atoms with van der Waals surface area (Å²) in [5, 5.41) is 16.1. The van der Waals surface area contributed by atoms with Crippen molar-refractivity contribution in [1.29, 1.82) is 0 Å². The number of Topliss-reactive ketones (excluding diaryl/α,β-unsaturated/α-hetero) is 1. The maximum atomic E-state index is 11.8. The van der Waals surface area contributed by atoms with Crippen molar-refractivity contribution in [2.45, 2.75) is 6.92 Å². The van der Waals surface area contributed by atoms with Crippen LogP contribution in [0, 0.1) is 6.92 Å². The monoisotopic (exact) mass is 302 g/mol. The molecule has 0 fully saturated rings. The molecule has 0 saturated heterocycles. The number of hydrogen-bond acceptors (Lipinski definition) is 5. The molecule has 0 unspecified atom stereocenters. The number of nitrogens with zero attached hydrogens (tertiary/aromatic N) is 2. The quantitative estimate of drug-likeness (QED) is 0.470. The van der Waals surface area contributed by atoms with E-state index in [4.69, 9.17) is 9.84 Å². The lowest BCUT2D eigenvalue weighted by Gasteiger charge is -2.04. The summed E-state index contributed by atoms with van der Waals surface area (Å²) < 4.78 is 5.19. The molecule has 0 radical (unpaired) electrons. The first-order valence-electron chi connectivity index (χ1n) is 6.29. The Hall–Kier alpha value is -3.23. The molecule has 3 aromatic rings. The average Bonchev–Trinajstić information content (AvgIpc) is 3.12. The molecule has 112 valence electrons. The van der Waals surface area contributed by atoms with E-state index in [0.717, 1.165) is 5.82 Å². The van der Waals surface area contributed by atoms with E-state index < -0.39 is 11.8 Å². The Morgan fingerprint density at radius 3 is 2.77 bits per heavy atom. The van der Waals surface area contributed by atoms with Crippen LogP contribution < -0.4 is 9.72 Å². The van der Waals surface area contributed by atoms with E-state index in [9.17, 15) is 9.59 Å². The summed E-state index contributed by atoms with van der Waals surface area (Å²) in [6.45, 7) is 1.80. The van der Waals surface area contributed by atoms with E-state index >= 15 is 0 Å². The summed E-state index contributed by atoms with van der Waals surface area (Å²) in [4.78, 5) is 32.9. The van der Waals surface area contributed by atoms with E-state index in [1.165, 1.54) is 19.5 Å². The van der Waals surface area contributed by atoms with Gasteiger partial charge in [-0.05, 0) is 0 Å². The summed E-state index contributed by atoms with van der Waals surface area (Å²) in [6, 6.07) is 0. The number of aromatic nitrogens is 5. The number of ketones is 1. The van der Waals surface area contributed by atoms with Crippen LogP contribution in [0.2, 0.25) is 0 Å². The molecular formula is C13H12N5O4+. The second-order valence-electron chi connectivity index (χ2n) is 4.58. The van der Waals surface area contributed by atoms with E-state index in [0.29, 0.717) is 28.2 Å². The number of carbonyl (C=O) groups is 2. The fourth-order valence-electron chi connectivity index (χ4n) is 2.23. The number of pyridine rings is 1. The van der Waals surface area contributed by atoms with Gasteiger partial charge in [0.15, 0.2) is 5.69 Å². The van der Waals surface area contributed by atoms with Gasteiger partial charge in [-0.2, -0.15) is 0 Å². The second kappa shape index (κ2) is 4.95. The number of aromatic amines is 3. The molecule has 0 spiro atoms. The predicted octanol–water partition coefficient (Wildman–Crippen LogP) is 0.351. The zero-order valence-electron chi connectivity index (χ0n) is 11.7. The highest BCUT2D eigenvalue weighted by molar-refractivity contribution is 6.42. The molecular weight excluding hydrogens is 290 g/mol. The van der Waals surface area contributed by atoms with Gasteiger partial charge in [-0.3, -0.25) is 4.79 Å². The topological polar surface area (TPSA) is 135 Å². The highest BCUT2D eigenvalue weighted by atomic mass is 16.5. The van der Waals surface area contributed by atoms with Gasteiger partial charge in [-0.1, -0.05) is 0 Å². The summed E-state index contributed by atoms with van der Waals surface area (Å²) >= 11 is 0. The summed E-state index contributed by atoms with van der Waals surface area (Å²) in [6.07, 6.45) is 2.75. The van der Waals surface area contributed by atoms with Gasteiger partial charge in [0.2, 0.25) is 5.82 Å². The second-order valence-corrected chi connectivity index (χ2v) is 4.58. The predicted molar refractivity (Wildman–Crippen MR) is 73.5 cm³/mol. The number of ether oxygens (including phenoxy) is 1. The van der Waals surface area contributed by atoms with Crippen LogP contribution in [0.3, 0.4) is 0 Å². The summed E-state index contributed by atoms with van der Waals surface area (Å²) in [7, 11) is 1.42. The lowest BCUT2D eigenvalue weighted by molar-refractivity contribution is -0.374. The van der Waals surface area contributed by atoms with Crippen molar-refractivity contribution in [3.05, 3.63) is 23.8 Å².